The minimum Gasteiger partial charge on any atom is -0.475 e. The second kappa shape index (κ2) is 5.30. The van der Waals surface area contributed by atoms with Gasteiger partial charge in [0.25, 0.3) is 0 Å². The van der Waals surface area contributed by atoms with E-state index in [1.54, 1.807) is 17.7 Å². The summed E-state index contributed by atoms with van der Waals surface area (Å²) in [5, 5.41) is 1.05. The predicted molar refractivity (Wildman–Crippen MR) is 82.4 cm³/mol. The Bertz CT molecular complexity index is 617. The highest BCUT2D eigenvalue weighted by Gasteiger charge is 2.28. The van der Waals surface area contributed by atoms with Crippen LogP contribution in [0.5, 0.6) is 5.88 Å². The Balaban J connectivity index is 1.84. The highest BCUT2D eigenvalue weighted by molar-refractivity contribution is 7.18. The van der Waals surface area contributed by atoms with Gasteiger partial charge in [-0.1, -0.05) is 19.3 Å². The Kier molecular flexibility index (Phi) is 3.65. The van der Waals surface area contributed by atoms with Crippen LogP contribution in [0.3, 0.4) is 0 Å². The van der Waals surface area contributed by atoms with E-state index < -0.39 is 0 Å². The average Bonchev–Trinajstić information content (AvgIpc) is 2.73. The van der Waals surface area contributed by atoms with Gasteiger partial charge < -0.3 is 10.5 Å². The topological polar surface area (TPSA) is 61.0 Å². The molecule has 108 valence electrons. The van der Waals surface area contributed by atoms with E-state index in [1.807, 2.05) is 0 Å². The van der Waals surface area contributed by atoms with E-state index in [1.165, 1.54) is 29.7 Å². The van der Waals surface area contributed by atoms with Crippen LogP contribution in [0.1, 0.15) is 42.5 Å². The van der Waals surface area contributed by atoms with Crippen molar-refractivity contribution in [1.82, 2.24) is 9.97 Å². The van der Waals surface area contributed by atoms with Gasteiger partial charge in [-0.2, -0.15) is 0 Å². The number of aryl methyl sites for hydroxylation is 2. The molecular weight excluding hydrogens is 270 g/mol. The first-order valence-electron chi connectivity index (χ1n) is 7.21. The second-order valence-corrected chi connectivity index (χ2v) is 7.06. The first-order chi connectivity index (χ1) is 9.59. The van der Waals surface area contributed by atoms with Crippen LogP contribution in [0.25, 0.3) is 10.2 Å². The molecule has 0 aromatic carbocycles. The lowest BCUT2D eigenvalue weighted by molar-refractivity contribution is 0.170. The van der Waals surface area contributed by atoms with Crippen LogP contribution in [0, 0.1) is 13.8 Å². The van der Waals surface area contributed by atoms with Crippen molar-refractivity contribution in [3.05, 3.63) is 16.8 Å². The van der Waals surface area contributed by atoms with Crippen molar-refractivity contribution in [2.24, 2.45) is 5.73 Å². The van der Waals surface area contributed by atoms with E-state index in [4.69, 9.17) is 10.5 Å². The summed E-state index contributed by atoms with van der Waals surface area (Å²) in [7, 11) is 0. The van der Waals surface area contributed by atoms with E-state index in [0.29, 0.717) is 12.5 Å². The fourth-order valence-electron chi connectivity index (χ4n) is 2.87. The van der Waals surface area contributed by atoms with Crippen molar-refractivity contribution in [1.29, 1.82) is 0 Å². The van der Waals surface area contributed by atoms with Crippen LogP contribution in [0.4, 0.5) is 0 Å². The van der Waals surface area contributed by atoms with Crippen molar-refractivity contribution < 1.29 is 4.74 Å². The molecule has 0 unspecified atom stereocenters. The van der Waals surface area contributed by atoms with Gasteiger partial charge in [0.1, 0.15) is 17.8 Å². The Morgan fingerprint density at radius 1 is 1.25 bits per heavy atom. The SMILES string of the molecule is Cc1sc2ncnc(OCC3(N)CCCCC3)c2c1C. The zero-order valence-electron chi connectivity index (χ0n) is 12.1. The summed E-state index contributed by atoms with van der Waals surface area (Å²) in [4.78, 5) is 10.9. The van der Waals surface area contributed by atoms with Crippen LogP contribution in [-0.4, -0.2) is 22.1 Å². The van der Waals surface area contributed by atoms with E-state index in [9.17, 15) is 0 Å². The Morgan fingerprint density at radius 3 is 2.75 bits per heavy atom. The maximum atomic E-state index is 6.43. The van der Waals surface area contributed by atoms with Gasteiger partial charge in [0.15, 0.2) is 0 Å². The molecule has 3 rings (SSSR count). The van der Waals surface area contributed by atoms with Crippen molar-refractivity contribution in [2.45, 2.75) is 51.5 Å². The van der Waals surface area contributed by atoms with Crippen molar-refractivity contribution >= 4 is 21.6 Å². The molecule has 2 heterocycles. The number of hydrogen-bond acceptors (Lipinski definition) is 5. The molecule has 0 saturated heterocycles. The molecular formula is C15H21N3OS. The maximum absolute atomic E-state index is 6.43. The number of nitrogens with two attached hydrogens (primary N) is 1. The van der Waals surface area contributed by atoms with Crippen molar-refractivity contribution in [3.8, 4) is 5.88 Å². The van der Waals surface area contributed by atoms with Gasteiger partial charge in [-0.3, -0.25) is 0 Å². The van der Waals surface area contributed by atoms with Crippen LogP contribution >= 0.6 is 11.3 Å². The average molecular weight is 291 g/mol. The number of fused-ring (bicyclic) bond motifs is 1. The van der Waals surface area contributed by atoms with Gasteiger partial charge in [-0.15, -0.1) is 11.3 Å². The standard InChI is InChI=1S/C15H21N3OS/c1-10-11(2)20-14-12(10)13(17-9-18-14)19-8-15(16)6-4-3-5-7-15/h9H,3-8,16H2,1-2H3. The molecule has 1 aliphatic rings. The molecule has 20 heavy (non-hydrogen) atoms. The molecule has 0 spiro atoms. The highest BCUT2D eigenvalue weighted by atomic mass is 32.1. The summed E-state index contributed by atoms with van der Waals surface area (Å²) < 4.78 is 5.99. The molecule has 0 aliphatic heterocycles. The van der Waals surface area contributed by atoms with Gasteiger partial charge in [0, 0.05) is 4.88 Å². The summed E-state index contributed by atoms with van der Waals surface area (Å²) >= 11 is 1.69. The van der Waals surface area contributed by atoms with Crippen LogP contribution in [0.2, 0.25) is 0 Å². The minimum absolute atomic E-state index is 0.186. The van der Waals surface area contributed by atoms with Crippen LogP contribution in [0.15, 0.2) is 6.33 Å². The molecule has 4 nitrogen and oxygen atoms in total. The van der Waals surface area contributed by atoms with Gasteiger partial charge in [0.05, 0.1) is 10.9 Å². The summed E-state index contributed by atoms with van der Waals surface area (Å²) in [6.07, 6.45) is 7.37. The second-order valence-electron chi connectivity index (χ2n) is 5.85. The number of aromatic nitrogens is 2. The van der Waals surface area contributed by atoms with E-state index in [0.717, 1.165) is 23.1 Å². The molecule has 1 fully saturated rings. The first kappa shape index (κ1) is 13.8. The summed E-state index contributed by atoms with van der Waals surface area (Å²) in [5.41, 5.74) is 7.46. The quantitative estimate of drug-likeness (QED) is 0.942. The predicted octanol–water partition coefficient (Wildman–Crippen LogP) is 3.35. The van der Waals surface area contributed by atoms with Crippen LogP contribution in [-0.2, 0) is 0 Å². The third-order valence-electron chi connectivity index (χ3n) is 4.28. The number of thiophene rings is 1. The highest BCUT2D eigenvalue weighted by Crippen LogP contribution is 2.34. The summed E-state index contributed by atoms with van der Waals surface area (Å²) in [6, 6.07) is 0. The lowest BCUT2D eigenvalue weighted by Gasteiger charge is -2.32. The Labute approximate surface area is 123 Å². The fourth-order valence-corrected chi connectivity index (χ4v) is 3.86. The third kappa shape index (κ3) is 2.52. The third-order valence-corrected chi connectivity index (χ3v) is 5.39. The van der Waals surface area contributed by atoms with E-state index in [2.05, 4.69) is 23.8 Å². The van der Waals surface area contributed by atoms with Crippen molar-refractivity contribution in [3.63, 3.8) is 0 Å². The molecule has 1 aliphatic carbocycles. The maximum Gasteiger partial charge on any atom is 0.225 e. The van der Waals surface area contributed by atoms with Crippen molar-refractivity contribution in [2.75, 3.05) is 6.61 Å². The lowest BCUT2D eigenvalue weighted by atomic mass is 9.83. The molecule has 2 aromatic rings. The number of nitrogens with zero attached hydrogens (tertiary/aromatic N) is 2. The van der Waals surface area contributed by atoms with E-state index >= 15 is 0 Å². The molecule has 5 heteroatoms. The summed E-state index contributed by atoms with van der Waals surface area (Å²) in [6.45, 7) is 4.76. The molecule has 2 aromatic heterocycles. The first-order valence-corrected chi connectivity index (χ1v) is 8.03. The molecule has 0 radical (unpaired) electrons. The normalized spacial score (nSPS) is 18.4. The Hall–Kier alpha value is -1.20. The number of ether oxygens (including phenoxy) is 1. The van der Waals surface area contributed by atoms with Gasteiger partial charge in [0.2, 0.25) is 5.88 Å². The van der Waals surface area contributed by atoms with Gasteiger partial charge >= 0.3 is 0 Å². The molecule has 0 bridgehead atoms. The summed E-state index contributed by atoms with van der Waals surface area (Å²) in [5.74, 6) is 0.687. The van der Waals surface area contributed by atoms with Crippen LogP contribution < -0.4 is 10.5 Å². The monoisotopic (exact) mass is 291 g/mol. The molecule has 0 atom stereocenters. The smallest absolute Gasteiger partial charge is 0.225 e. The molecule has 1 saturated carbocycles. The number of hydrogen-bond donors (Lipinski definition) is 1. The number of rotatable bonds is 3. The lowest BCUT2D eigenvalue weighted by Crippen LogP contribution is -2.47. The zero-order chi connectivity index (χ0) is 14.2. The molecule has 0 amide bonds. The van der Waals surface area contributed by atoms with E-state index in [-0.39, 0.29) is 5.54 Å². The van der Waals surface area contributed by atoms with Gasteiger partial charge in [-0.05, 0) is 32.3 Å². The minimum atomic E-state index is -0.186. The van der Waals surface area contributed by atoms with Gasteiger partial charge in [-0.25, -0.2) is 9.97 Å². The largest absolute Gasteiger partial charge is 0.475 e. The molecule has 2 N–H and O–H groups in total. The zero-order valence-corrected chi connectivity index (χ0v) is 12.9. The Morgan fingerprint density at radius 2 is 2.00 bits per heavy atom. The fraction of sp³-hybridized carbons (Fsp3) is 0.600.